The van der Waals surface area contributed by atoms with E-state index >= 15 is 0 Å². The molecule has 4 rings (SSSR count). The van der Waals surface area contributed by atoms with Gasteiger partial charge in [0.15, 0.2) is 0 Å². The molecule has 2 aliphatic rings. The number of para-hydroxylation sites is 1. The van der Waals surface area contributed by atoms with Gasteiger partial charge < -0.3 is 9.80 Å². The number of likely N-dealkylation sites (tertiary alicyclic amines) is 1. The predicted molar refractivity (Wildman–Crippen MR) is 110 cm³/mol. The number of rotatable bonds is 3. The van der Waals surface area contributed by atoms with Crippen LogP contribution in [0.15, 0.2) is 42.7 Å². The maximum Gasteiger partial charge on any atom is 0.260 e. The van der Waals surface area contributed by atoms with E-state index in [0.29, 0.717) is 11.1 Å². The van der Waals surface area contributed by atoms with Crippen LogP contribution in [0.4, 0.5) is 5.69 Å². The van der Waals surface area contributed by atoms with Gasteiger partial charge in [-0.05, 0) is 56.7 Å². The van der Waals surface area contributed by atoms with Crippen molar-refractivity contribution in [3.05, 3.63) is 59.4 Å². The fourth-order valence-corrected chi connectivity index (χ4v) is 4.55. The lowest BCUT2D eigenvalue weighted by Gasteiger charge is -2.35. The molecule has 2 amide bonds. The van der Waals surface area contributed by atoms with Crippen LogP contribution in [-0.4, -0.2) is 40.3 Å². The number of nitrogens with zero attached hydrogens (tertiary/aromatic N) is 3. The first-order valence-corrected chi connectivity index (χ1v) is 10.3. The molecule has 28 heavy (non-hydrogen) atoms. The first-order chi connectivity index (χ1) is 13.6. The Balaban J connectivity index is 1.60. The van der Waals surface area contributed by atoms with Gasteiger partial charge in [0.2, 0.25) is 0 Å². The van der Waals surface area contributed by atoms with Crippen molar-refractivity contribution < 1.29 is 9.59 Å². The summed E-state index contributed by atoms with van der Waals surface area (Å²) in [5.74, 6) is -0.103. The Morgan fingerprint density at radius 1 is 1.11 bits per heavy atom. The summed E-state index contributed by atoms with van der Waals surface area (Å²) < 4.78 is 0. The number of hydrogen-bond donors (Lipinski definition) is 0. The number of hydrogen-bond acceptors (Lipinski definition) is 3. The highest BCUT2D eigenvalue weighted by Gasteiger charge is 2.32. The van der Waals surface area contributed by atoms with Crippen molar-refractivity contribution in [2.24, 2.45) is 0 Å². The second-order valence-corrected chi connectivity index (χ2v) is 7.88. The summed E-state index contributed by atoms with van der Waals surface area (Å²) in [6.45, 7) is 4.96. The molecular weight excluding hydrogens is 350 g/mol. The molecule has 2 unspecified atom stereocenters. The van der Waals surface area contributed by atoms with Gasteiger partial charge in [-0.15, -0.1) is 0 Å². The van der Waals surface area contributed by atoms with E-state index in [1.165, 1.54) is 12.0 Å². The number of amides is 2. The maximum atomic E-state index is 13.3. The quantitative estimate of drug-likeness (QED) is 0.810. The predicted octanol–water partition coefficient (Wildman–Crippen LogP) is 4.08. The zero-order valence-electron chi connectivity index (χ0n) is 16.6. The van der Waals surface area contributed by atoms with Gasteiger partial charge in [0.25, 0.3) is 11.8 Å². The number of piperidine rings is 1. The van der Waals surface area contributed by atoms with E-state index in [-0.39, 0.29) is 23.9 Å². The monoisotopic (exact) mass is 377 g/mol. The SMILES string of the molecule is CCC1CCCCN1C(=O)c1cncc(C(=O)N2c3ccccc3CC2C)c1. The van der Waals surface area contributed by atoms with Crippen LogP contribution in [0, 0.1) is 0 Å². The van der Waals surface area contributed by atoms with Crippen molar-refractivity contribution in [1.29, 1.82) is 0 Å². The Kier molecular flexibility index (Phi) is 5.16. The number of pyridine rings is 1. The minimum atomic E-state index is -0.0923. The van der Waals surface area contributed by atoms with Crippen LogP contribution >= 0.6 is 0 Å². The summed E-state index contributed by atoms with van der Waals surface area (Å²) >= 11 is 0. The Morgan fingerprint density at radius 2 is 1.86 bits per heavy atom. The second kappa shape index (κ2) is 7.74. The third kappa shape index (κ3) is 3.30. The number of benzene rings is 1. The Bertz CT molecular complexity index is 895. The van der Waals surface area contributed by atoms with E-state index in [4.69, 9.17) is 0 Å². The molecule has 146 valence electrons. The molecule has 1 saturated heterocycles. The molecule has 0 N–H and O–H groups in total. The van der Waals surface area contributed by atoms with E-state index in [1.807, 2.05) is 28.0 Å². The lowest BCUT2D eigenvalue weighted by molar-refractivity contribution is 0.0607. The summed E-state index contributed by atoms with van der Waals surface area (Å²) in [5.41, 5.74) is 3.12. The van der Waals surface area contributed by atoms with Gasteiger partial charge in [-0.2, -0.15) is 0 Å². The molecule has 2 atom stereocenters. The van der Waals surface area contributed by atoms with E-state index in [9.17, 15) is 9.59 Å². The highest BCUT2D eigenvalue weighted by molar-refractivity contribution is 6.08. The zero-order chi connectivity index (χ0) is 19.7. The average Bonchev–Trinajstić information content (AvgIpc) is 3.08. The van der Waals surface area contributed by atoms with Crippen LogP contribution in [0.1, 0.15) is 65.8 Å². The molecule has 0 radical (unpaired) electrons. The van der Waals surface area contributed by atoms with Gasteiger partial charge in [0.1, 0.15) is 0 Å². The summed E-state index contributed by atoms with van der Waals surface area (Å²) in [4.78, 5) is 34.4. The largest absolute Gasteiger partial charge is 0.336 e. The number of aromatic nitrogens is 1. The summed E-state index contributed by atoms with van der Waals surface area (Å²) in [6, 6.07) is 10.1. The van der Waals surface area contributed by atoms with E-state index < -0.39 is 0 Å². The van der Waals surface area contributed by atoms with Crippen LogP contribution in [0.3, 0.4) is 0 Å². The van der Waals surface area contributed by atoms with Crippen LogP contribution in [-0.2, 0) is 6.42 Å². The topological polar surface area (TPSA) is 53.5 Å². The fourth-order valence-electron chi connectivity index (χ4n) is 4.55. The molecule has 0 aliphatic carbocycles. The molecule has 1 aromatic heterocycles. The van der Waals surface area contributed by atoms with Gasteiger partial charge in [-0.1, -0.05) is 25.1 Å². The second-order valence-electron chi connectivity index (χ2n) is 7.88. The van der Waals surface area contributed by atoms with Crippen molar-refractivity contribution in [3.8, 4) is 0 Å². The third-order valence-corrected chi connectivity index (χ3v) is 6.02. The molecule has 2 aromatic rings. The van der Waals surface area contributed by atoms with Crippen molar-refractivity contribution in [1.82, 2.24) is 9.88 Å². The third-order valence-electron chi connectivity index (χ3n) is 6.02. The standard InChI is InChI=1S/C23H27N3O2/c1-3-20-9-6-7-11-25(20)22(27)18-13-19(15-24-14-18)23(28)26-16(2)12-17-8-4-5-10-21(17)26/h4-5,8,10,13-16,20H,3,6-7,9,11-12H2,1-2H3. The summed E-state index contributed by atoms with van der Waals surface area (Å²) in [6.07, 6.45) is 8.22. The molecule has 0 saturated carbocycles. The highest BCUT2D eigenvalue weighted by Crippen LogP contribution is 2.33. The zero-order valence-corrected chi connectivity index (χ0v) is 16.6. The fraction of sp³-hybridized carbons (Fsp3) is 0.435. The molecule has 5 heteroatoms. The molecule has 0 spiro atoms. The first kappa shape index (κ1) is 18.7. The van der Waals surface area contributed by atoms with Crippen LogP contribution in [0.2, 0.25) is 0 Å². The Morgan fingerprint density at radius 3 is 2.64 bits per heavy atom. The molecule has 2 aliphatic heterocycles. The summed E-state index contributed by atoms with van der Waals surface area (Å²) in [5, 5.41) is 0. The maximum absolute atomic E-state index is 13.3. The van der Waals surface area contributed by atoms with Crippen LogP contribution < -0.4 is 4.90 Å². The van der Waals surface area contributed by atoms with Crippen molar-refractivity contribution in [3.63, 3.8) is 0 Å². The number of carbonyl (C=O) groups excluding carboxylic acids is 2. The van der Waals surface area contributed by atoms with Crippen molar-refractivity contribution in [2.75, 3.05) is 11.4 Å². The van der Waals surface area contributed by atoms with Crippen molar-refractivity contribution >= 4 is 17.5 Å². The molecule has 3 heterocycles. The van der Waals surface area contributed by atoms with E-state index in [1.54, 1.807) is 18.5 Å². The average molecular weight is 377 g/mol. The van der Waals surface area contributed by atoms with Gasteiger partial charge in [0.05, 0.1) is 11.1 Å². The van der Waals surface area contributed by atoms with E-state index in [2.05, 4.69) is 24.9 Å². The van der Waals surface area contributed by atoms with E-state index in [0.717, 1.165) is 37.9 Å². The minimum Gasteiger partial charge on any atom is -0.336 e. The first-order valence-electron chi connectivity index (χ1n) is 10.3. The molecule has 1 aromatic carbocycles. The Labute approximate surface area is 166 Å². The van der Waals surface area contributed by atoms with Crippen LogP contribution in [0.5, 0.6) is 0 Å². The number of carbonyl (C=O) groups is 2. The van der Waals surface area contributed by atoms with Gasteiger partial charge in [-0.25, -0.2) is 0 Å². The molecule has 5 nitrogen and oxygen atoms in total. The van der Waals surface area contributed by atoms with Crippen LogP contribution in [0.25, 0.3) is 0 Å². The lowest BCUT2D eigenvalue weighted by atomic mass is 9.99. The molecule has 1 fully saturated rings. The normalized spacial score (nSPS) is 21.5. The van der Waals surface area contributed by atoms with Crippen molar-refractivity contribution in [2.45, 2.75) is 58.0 Å². The number of anilines is 1. The summed E-state index contributed by atoms with van der Waals surface area (Å²) in [7, 11) is 0. The lowest BCUT2D eigenvalue weighted by Crippen LogP contribution is -2.43. The van der Waals surface area contributed by atoms with Gasteiger partial charge in [-0.3, -0.25) is 14.6 Å². The van der Waals surface area contributed by atoms with Gasteiger partial charge in [0, 0.05) is 36.7 Å². The minimum absolute atomic E-state index is 0.0106. The molecular formula is C23H27N3O2. The Hall–Kier alpha value is -2.69. The van der Waals surface area contributed by atoms with Gasteiger partial charge >= 0.3 is 0 Å². The number of fused-ring (bicyclic) bond motifs is 1. The molecule has 0 bridgehead atoms. The highest BCUT2D eigenvalue weighted by atomic mass is 16.2. The smallest absolute Gasteiger partial charge is 0.260 e.